The van der Waals surface area contributed by atoms with Crippen molar-refractivity contribution < 1.29 is 27.9 Å². The highest BCUT2D eigenvalue weighted by Crippen LogP contribution is 2.16. The minimum Gasteiger partial charge on any atom is -0.481 e. The summed E-state index contributed by atoms with van der Waals surface area (Å²) in [6.07, 6.45) is -1.18. The molecule has 0 aliphatic rings. The van der Waals surface area contributed by atoms with Crippen molar-refractivity contribution in [2.75, 3.05) is 22.9 Å². The number of benzene rings is 1. The lowest BCUT2D eigenvalue weighted by Crippen LogP contribution is -2.19. The lowest BCUT2D eigenvalue weighted by molar-refractivity contribution is -0.136. The van der Waals surface area contributed by atoms with Gasteiger partial charge in [0, 0.05) is 5.69 Å². The van der Waals surface area contributed by atoms with E-state index in [2.05, 4.69) is 14.8 Å². The Kier molecular flexibility index (Phi) is 5.32. The van der Waals surface area contributed by atoms with Crippen molar-refractivity contribution in [2.24, 2.45) is 0 Å². The van der Waals surface area contributed by atoms with Gasteiger partial charge in [0.15, 0.2) is 0 Å². The van der Waals surface area contributed by atoms with Crippen molar-refractivity contribution in [3.8, 4) is 0 Å². The lowest BCUT2D eigenvalue weighted by Gasteiger charge is -2.09. The minimum absolute atomic E-state index is 0.212. The minimum atomic E-state index is -3.76. The molecule has 110 valence electrons. The van der Waals surface area contributed by atoms with E-state index in [4.69, 9.17) is 5.11 Å². The van der Waals surface area contributed by atoms with Gasteiger partial charge in [-0.2, -0.15) is 0 Å². The van der Waals surface area contributed by atoms with Crippen molar-refractivity contribution in [2.45, 2.75) is 6.42 Å². The normalized spacial score (nSPS) is 10.7. The Bertz CT molecular complexity index is 599. The molecule has 0 radical (unpaired) electrons. The second kappa shape index (κ2) is 6.75. The molecule has 0 bridgehead atoms. The Morgan fingerprint density at radius 1 is 1.30 bits per heavy atom. The molecular formula is C11H14N2O6S. The van der Waals surface area contributed by atoms with Crippen molar-refractivity contribution in [3.05, 3.63) is 24.3 Å². The van der Waals surface area contributed by atoms with Gasteiger partial charge in [-0.05, 0) is 18.2 Å². The van der Waals surface area contributed by atoms with Crippen LogP contribution in [0.4, 0.5) is 16.2 Å². The second-order valence-corrected chi connectivity index (χ2v) is 5.60. The Labute approximate surface area is 115 Å². The van der Waals surface area contributed by atoms with E-state index in [-0.39, 0.29) is 5.69 Å². The number of methoxy groups -OCH3 is 1. The van der Waals surface area contributed by atoms with Crippen LogP contribution >= 0.6 is 0 Å². The first-order valence-corrected chi connectivity index (χ1v) is 7.15. The highest BCUT2D eigenvalue weighted by Gasteiger charge is 2.13. The third kappa shape index (κ3) is 5.57. The number of carbonyl (C=O) groups is 2. The molecule has 0 aliphatic carbocycles. The average Bonchev–Trinajstić information content (AvgIpc) is 2.36. The Hall–Kier alpha value is -2.29. The van der Waals surface area contributed by atoms with Crippen LogP contribution in [0, 0.1) is 0 Å². The molecule has 0 atom stereocenters. The van der Waals surface area contributed by atoms with Crippen molar-refractivity contribution in [3.63, 3.8) is 0 Å². The molecule has 3 N–H and O–H groups in total. The summed E-state index contributed by atoms with van der Waals surface area (Å²) in [5, 5.41) is 10.8. The van der Waals surface area contributed by atoms with E-state index in [9.17, 15) is 18.0 Å². The van der Waals surface area contributed by atoms with Gasteiger partial charge in [-0.25, -0.2) is 13.2 Å². The molecule has 9 heteroatoms. The predicted molar refractivity (Wildman–Crippen MR) is 72.1 cm³/mol. The van der Waals surface area contributed by atoms with E-state index in [1.807, 2.05) is 0 Å². The zero-order chi connectivity index (χ0) is 15.2. The molecule has 0 aliphatic heterocycles. The SMILES string of the molecule is COC(=O)Nc1cccc(NS(=O)(=O)CCC(=O)O)c1. The first-order valence-electron chi connectivity index (χ1n) is 5.50. The molecular weight excluding hydrogens is 288 g/mol. The number of ether oxygens (including phenoxy) is 1. The predicted octanol–water partition coefficient (Wildman–Crippen LogP) is 1.08. The molecule has 0 unspecified atom stereocenters. The van der Waals surface area contributed by atoms with Gasteiger partial charge in [0.2, 0.25) is 10.0 Å². The van der Waals surface area contributed by atoms with Crippen molar-refractivity contribution in [1.29, 1.82) is 0 Å². The number of carboxylic acids is 1. The number of carboxylic acid groups (broad SMARTS) is 1. The van der Waals surface area contributed by atoms with Gasteiger partial charge in [-0.3, -0.25) is 14.8 Å². The summed E-state index contributed by atoms with van der Waals surface area (Å²) in [4.78, 5) is 21.4. The molecule has 8 nitrogen and oxygen atoms in total. The van der Waals surface area contributed by atoms with Crippen LogP contribution in [0.1, 0.15) is 6.42 Å². The van der Waals surface area contributed by atoms with Gasteiger partial charge in [0.1, 0.15) is 0 Å². The third-order valence-corrected chi connectivity index (χ3v) is 3.44. The topological polar surface area (TPSA) is 122 Å². The summed E-state index contributed by atoms with van der Waals surface area (Å²) in [7, 11) is -2.55. The first kappa shape index (κ1) is 15.8. The molecule has 1 rings (SSSR count). The third-order valence-electron chi connectivity index (χ3n) is 2.15. The van der Waals surface area contributed by atoms with Crippen molar-refractivity contribution in [1.82, 2.24) is 0 Å². The summed E-state index contributed by atoms with van der Waals surface area (Å²) >= 11 is 0. The van der Waals surface area contributed by atoms with Crippen molar-refractivity contribution >= 4 is 33.5 Å². The quantitative estimate of drug-likeness (QED) is 0.723. The highest BCUT2D eigenvalue weighted by molar-refractivity contribution is 7.92. The molecule has 0 heterocycles. The number of anilines is 2. The zero-order valence-electron chi connectivity index (χ0n) is 10.6. The fraction of sp³-hybridized carbons (Fsp3) is 0.273. The number of rotatable bonds is 6. The number of nitrogens with one attached hydrogen (secondary N) is 2. The molecule has 1 amide bonds. The Morgan fingerprint density at radius 3 is 2.55 bits per heavy atom. The summed E-state index contributed by atoms with van der Waals surface area (Å²) in [5.74, 6) is -1.73. The van der Waals surface area contributed by atoms with Crippen LogP contribution in [0.3, 0.4) is 0 Å². The van der Waals surface area contributed by atoms with Gasteiger partial charge in [0.05, 0.1) is 25.0 Å². The number of amides is 1. The second-order valence-electron chi connectivity index (χ2n) is 3.76. The maximum atomic E-state index is 11.6. The number of carbonyl (C=O) groups excluding carboxylic acids is 1. The van der Waals surface area contributed by atoms with Crippen LogP contribution in [0.15, 0.2) is 24.3 Å². The molecule has 0 aromatic heterocycles. The average molecular weight is 302 g/mol. The van der Waals surface area contributed by atoms with Crippen LogP contribution in [0.25, 0.3) is 0 Å². The summed E-state index contributed by atoms with van der Waals surface area (Å²) in [5.41, 5.74) is 0.555. The molecule has 20 heavy (non-hydrogen) atoms. The smallest absolute Gasteiger partial charge is 0.411 e. The molecule has 0 saturated carbocycles. The largest absolute Gasteiger partial charge is 0.481 e. The van der Waals surface area contributed by atoms with E-state index in [0.717, 1.165) is 0 Å². The van der Waals surface area contributed by atoms with Crippen LogP contribution in [-0.4, -0.2) is 38.4 Å². The van der Waals surface area contributed by atoms with Gasteiger partial charge >= 0.3 is 12.1 Å². The van der Waals surface area contributed by atoms with E-state index in [1.54, 1.807) is 6.07 Å². The number of hydrogen-bond acceptors (Lipinski definition) is 5. The number of hydrogen-bond donors (Lipinski definition) is 3. The van der Waals surface area contributed by atoms with Gasteiger partial charge in [-0.1, -0.05) is 6.07 Å². The monoisotopic (exact) mass is 302 g/mol. The van der Waals surface area contributed by atoms with Gasteiger partial charge in [0.25, 0.3) is 0 Å². The van der Waals surface area contributed by atoms with Crippen LogP contribution < -0.4 is 10.0 Å². The summed E-state index contributed by atoms with van der Waals surface area (Å²) in [6.45, 7) is 0. The molecule has 0 spiro atoms. The van der Waals surface area contributed by atoms with Crippen LogP contribution in [0.5, 0.6) is 0 Å². The zero-order valence-corrected chi connectivity index (χ0v) is 11.4. The van der Waals surface area contributed by atoms with Crippen LogP contribution in [0.2, 0.25) is 0 Å². The Balaban J connectivity index is 2.75. The first-order chi connectivity index (χ1) is 9.32. The van der Waals surface area contributed by atoms with Gasteiger partial charge in [-0.15, -0.1) is 0 Å². The maximum Gasteiger partial charge on any atom is 0.411 e. The van der Waals surface area contributed by atoms with E-state index in [1.165, 1.54) is 25.3 Å². The Morgan fingerprint density at radius 2 is 1.95 bits per heavy atom. The molecule has 0 saturated heterocycles. The number of aliphatic carboxylic acids is 1. The maximum absolute atomic E-state index is 11.6. The summed E-state index contributed by atoms with van der Waals surface area (Å²) in [6, 6.07) is 5.93. The van der Waals surface area contributed by atoms with Crippen LogP contribution in [-0.2, 0) is 19.6 Å². The number of sulfonamides is 1. The van der Waals surface area contributed by atoms with E-state index < -0.39 is 34.3 Å². The standard InChI is InChI=1S/C11H14N2O6S/c1-19-11(16)12-8-3-2-4-9(7-8)13-20(17,18)6-5-10(14)15/h2-4,7,13H,5-6H2,1H3,(H,12,16)(H,14,15). The lowest BCUT2D eigenvalue weighted by atomic mass is 10.3. The molecule has 1 aromatic rings. The summed E-state index contributed by atoms with van der Waals surface area (Å²) < 4.78 is 29.8. The van der Waals surface area contributed by atoms with E-state index >= 15 is 0 Å². The highest BCUT2D eigenvalue weighted by atomic mass is 32.2. The molecule has 0 fully saturated rings. The fourth-order valence-corrected chi connectivity index (χ4v) is 2.31. The molecule has 1 aromatic carbocycles. The fourth-order valence-electron chi connectivity index (χ4n) is 1.28. The van der Waals surface area contributed by atoms with E-state index in [0.29, 0.717) is 5.69 Å². The van der Waals surface area contributed by atoms with Gasteiger partial charge < -0.3 is 9.84 Å².